The predicted octanol–water partition coefficient (Wildman–Crippen LogP) is 3.80. The van der Waals surface area contributed by atoms with Crippen LogP contribution in [0.4, 0.5) is 10.5 Å². The van der Waals surface area contributed by atoms with Crippen molar-refractivity contribution in [2.24, 2.45) is 0 Å². The zero-order valence-corrected chi connectivity index (χ0v) is 14.3. The highest BCUT2D eigenvalue weighted by Gasteiger charge is 2.15. The minimum absolute atomic E-state index is 0.0536. The number of benzene rings is 1. The van der Waals surface area contributed by atoms with Crippen molar-refractivity contribution in [3.63, 3.8) is 0 Å². The van der Waals surface area contributed by atoms with Crippen molar-refractivity contribution in [2.45, 2.75) is 43.1 Å². The third kappa shape index (κ3) is 6.14. The summed E-state index contributed by atoms with van der Waals surface area (Å²) in [4.78, 5) is 24.0. The molecule has 0 bridgehead atoms. The van der Waals surface area contributed by atoms with Gasteiger partial charge in [0.2, 0.25) is 0 Å². The number of nitrogens with zero attached hydrogens (tertiary/aromatic N) is 1. The maximum absolute atomic E-state index is 12.0. The van der Waals surface area contributed by atoms with Gasteiger partial charge in [-0.05, 0) is 30.5 Å². The summed E-state index contributed by atoms with van der Waals surface area (Å²) >= 11 is 1.99. The van der Waals surface area contributed by atoms with E-state index in [4.69, 9.17) is 5.11 Å². The lowest BCUT2D eigenvalue weighted by Gasteiger charge is -2.17. The van der Waals surface area contributed by atoms with E-state index in [1.807, 2.05) is 30.0 Å². The van der Waals surface area contributed by atoms with E-state index >= 15 is 0 Å². The molecule has 1 saturated carbocycles. The van der Waals surface area contributed by atoms with E-state index < -0.39 is 5.97 Å². The molecule has 0 atom stereocenters. The van der Waals surface area contributed by atoms with Crippen LogP contribution in [0.5, 0.6) is 0 Å². The number of urea groups is 1. The summed E-state index contributed by atoms with van der Waals surface area (Å²) in [5.41, 5.74) is 1.95. The van der Waals surface area contributed by atoms with Crippen molar-refractivity contribution >= 4 is 29.4 Å². The third-order valence-corrected chi connectivity index (χ3v) is 5.42. The zero-order chi connectivity index (χ0) is 16.7. The Hall–Kier alpha value is -1.69. The second-order valence-electron chi connectivity index (χ2n) is 5.91. The van der Waals surface area contributed by atoms with Gasteiger partial charge in [-0.2, -0.15) is 11.8 Å². The number of hydrogen-bond donors (Lipinski definition) is 2. The molecule has 2 amide bonds. The van der Waals surface area contributed by atoms with E-state index in [1.54, 1.807) is 7.05 Å². The van der Waals surface area contributed by atoms with Gasteiger partial charge in [-0.1, -0.05) is 25.0 Å². The number of amides is 2. The van der Waals surface area contributed by atoms with E-state index in [0.717, 1.165) is 16.7 Å². The second-order valence-corrected chi connectivity index (χ2v) is 7.20. The van der Waals surface area contributed by atoms with Crippen LogP contribution in [0.2, 0.25) is 0 Å². The fraction of sp³-hybridized carbons (Fsp3) is 0.529. The Morgan fingerprint density at radius 2 is 2.09 bits per heavy atom. The van der Waals surface area contributed by atoms with Gasteiger partial charge in [0.1, 0.15) is 0 Å². The minimum atomic E-state index is -0.907. The van der Waals surface area contributed by atoms with Crippen LogP contribution in [-0.4, -0.2) is 40.8 Å². The summed E-state index contributed by atoms with van der Waals surface area (Å²) in [6.45, 7) is 0.193. The maximum Gasteiger partial charge on any atom is 0.321 e. The summed E-state index contributed by atoms with van der Waals surface area (Å²) in [6.07, 6.45) is 5.26. The molecule has 0 spiro atoms. The average molecular weight is 336 g/mol. The van der Waals surface area contributed by atoms with E-state index in [0.29, 0.717) is 0 Å². The van der Waals surface area contributed by atoms with Crippen LogP contribution in [-0.2, 0) is 10.5 Å². The van der Waals surface area contributed by atoms with Crippen LogP contribution in [0.3, 0.4) is 0 Å². The molecule has 0 aliphatic heterocycles. The number of carboxylic acids is 1. The van der Waals surface area contributed by atoms with Crippen LogP contribution >= 0.6 is 11.8 Å². The van der Waals surface area contributed by atoms with Crippen molar-refractivity contribution in [3.8, 4) is 0 Å². The summed E-state index contributed by atoms with van der Waals surface area (Å²) in [7, 11) is 1.60. The number of rotatable bonds is 7. The summed E-state index contributed by atoms with van der Waals surface area (Å²) < 4.78 is 0. The Morgan fingerprint density at radius 1 is 1.35 bits per heavy atom. The van der Waals surface area contributed by atoms with Gasteiger partial charge in [-0.15, -0.1) is 0 Å². The zero-order valence-electron chi connectivity index (χ0n) is 13.5. The first kappa shape index (κ1) is 17.7. The van der Waals surface area contributed by atoms with Crippen LogP contribution < -0.4 is 5.32 Å². The van der Waals surface area contributed by atoms with Gasteiger partial charge in [0.25, 0.3) is 0 Å². The number of thioether (sulfide) groups is 1. The highest BCUT2D eigenvalue weighted by atomic mass is 32.2. The molecule has 23 heavy (non-hydrogen) atoms. The first-order chi connectivity index (χ1) is 11.0. The molecule has 2 N–H and O–H groups in total. The Bertz CT molecular complexity index is 544. The fourth-order valence-corrected chi connectivity index (χ4v) is 3.87. The lowest BCUT2D eigenvalue weighted by Crippen LogP contribution is -2.33. The smallest absolute Gasteiger partial charge is 0.321 e. The second kappa shape index (κ2) is 8.82. The number of carbonyl (C=O) groups is 2. The first-order valence-corrected chi connectivity index (χ1v) is 9.04. The monoisotopic (exact) mass is 336 g/mol. The molecule has 126 valence electrons. The molecular weight excluding hydrogens is 312 g/mol. The summed E-state index contributed by atoms with van der Waals surface area (Å²) in [6, 6.07) is 7.58. The van der Waals surface area contributed by atoms with Gasteiger partial charge in [0.05, 0.1) is 6.42 Å². The standard InChI is InChI=1S/C17H24N2O3S/c1-19(10-9-16(20)21)17(22)18-14-6-4-5-13(11-14)12-23-15-7-2-3-8-15/h4-6,11,15H,2-3,7-10,12H2,1H3,(H,18,22)(H,20,21). The fourth-order valence-electron chi connectivity index (χ4n) is 2.59. The molecule has 5 nitrogen and oxygen atoms in total. The van der Waals surface area contributed by atoms with Gasteiger partial charge in [-0.25, -0.2) is 4.79 Å². The van der Waals surface area contributed by atoms with Crippen molar-refractivity contribution in [1.82, 2.24) is 4.90 Å². The lowest BCUT2D eigenvalue weighted by molar-refractivity contribution is -0.137. The van der Waals surface area contributed by atoms with Gasteiger partial charge >= 0.3 is 12.0 Å². The van der Waals surface area contributed by atoms with Crippen LogP contribution in [0.15, 0.2) is 24.3 Å². The Labute approximate surface area is 141 Å². The molecule has 1 aliphatic carbocycles. The molecule has 0 radical (unpaired) electrons. The normalized spacial score (nSPS) is 14.7. The van der Waals surface area contributed by atoms with Crippen molar-refractivity contribution in [2.75, 3.05) is 18.9 Å². The molecule has 1 fully saturated rings. The molecular formula is C17H24N2O3S. The molecule has 1 aliphatic rings. The van der Waals surface area contributed by atoms with E-state index in [2.05, 4.69) is 11.4 Å². The molecule has 0 heterocycles. The molecule has 0 unspecified atom stereocenters. The number of carbonyl (C=O) groups excluding carboxylic acids is 1. The molecule has 1 aromatic carbocycles. The SMILES string of the molecule is CN(CCC(=O)O)C(=O)Nc1cccc(CSC2CCCC2)c1. The summed E-state index contributed by atoms with van der Waals surface area (Å²) in [5.74, 6) is 0.0547. The van der Waals surface area contributed by atoms with Gasteiger partial charge in [0.15, 0.2) is 0 Å². The topological polar surface area (TPSA) is 69.6 Å². The molecule has 0 saturated heterocycles. The van der Waals surface area contributed by atoms with Gasteiger partial charge in [-0.3, -0.25) is 4.79 Å². The van der Waals surface area contributed by atoms with E-state index in [9.17, 15) is 9.59 Å². The van der Waals surface area contributed by atoms with E-state index in [-0.39, 0.29) is 19.0 Å². The number of anilines is 1. The number of aliphatic carboxylic acids is 1. The van der Waals surface area contributed by atoms with Crippen molar-refractivity contribution in [3.05, 3.63) is 29.8 Å². The highest BCUT2D eigenvalue weighted by Crippen LogP contribution is 2.31. The molecule has 6 heteroatoms. The maximum atomic E-state index is 12.0. The Kier molecular flexibility index (Phi) is 6.77. The highest BCUT2D eigenvalue weighted by molar-refractivity contribution is 7.99. The van der Waals surface area contributed by atoms with Crippen LogP contribution in [0.1, 0.15) is 37.7 Å². The quantitative estimate of drug-likeness (QED) is 0.794. The lowest BCUT2D eigenvalue weighted by atomic mass is 10.2. The predicted molar refractivity (Wildman–Crippen MR) is 93.9 cm³/mol. The van der Waals surface area contributed by atoms with Crippen molar-refractivity contribution < 1.29 is 14.7 Å². The largest absolute Gasteiger partial charge is 0.481 e. The van der Waals surface area contributed by atoms with E-state index in [1.165, 1.54) is 36.1 Å². The minimum Gasteiger partial charge on any atom is -0.481 e. The summed E-state index contributed by atoms with van der Waals surface area (Å²) in [5, 5.41) is 12.3. The molecule has 2 rings (SSSR count). The van der Waals surface area contributed by atoms with Gasteiger partial charge < -0.3 is 15.3 Å². The Morgan fingerprint density at radius 3 is 2.78 bits per heavy atom. The number of nitrogens with one attached hydrogen (secondary N) is 1. The third-order valence-electron chi connectivity index (χ3n) is 3.97. The van der Waals surface area contributed by atoms with Gasteiger partial charge in [0, 0.05) is 30.3 Å². The molecule has 0 aromatic heterocycles. The Balaban J connectivity index is 1.83. The van der Waals surface area contributed by atoms with Crippen molar-refractivity contribution in [1.29, 1.82) is 0 Å². The van der Waals surface area contributed by atoms with Crippen LogP contribution in [0.25, 0.3) is 0 Å². The first-order valence-electron chi connectivity index (χ1n) is 7.99. The number of carboxylic acid groups (broad SMARTS) is 1. The van der Waals surface area contributed by atoms with Crippen LogP contribution in [0, 0.1) is 0 Å². The molecule has 1 aromatic rings. The average Bonchev–Trinajstić information content (AvgIpc) is 3.04. The number of hydrogen-bond acceptors (Lipinski definition) is 3.